The van der Waals surface area contributed by atoms with Gasteiger partial charge in [0.2, 0.25) is 5.13 Å². The number of carbonyl (C=O) groups is 1. The van der Waals surface area contributed by atoms with Crippen LogP contribution >= 0.6 is 11.3 Å². The van der Waals surface area contributed by atoms with E-state index >= 15 is 0 Å². The Morgan fingerprint density at radius 2 is 2.00 bits per heavy atom. The van der Waals surface area contributed by atoms with E-state index in [1.54, 1.807) is 22.2 Å². The average Bonchev–Trinajstić information content (AvgIpc) is 3.32. The zero-order chi connectivity index (χ0) is 17.1. The fourth-order valence-corrected chi connectivity index (χ4v) is 3.52. The van der Waals surface area contributed by atoms with Gasteiger partial charge < -0.3 is 5.32 Å². The zero-order valence-electron chi connectivity index (χ0n) is 13.4. The Bertz CT molecular complexity index is 1000. The number of benzene rings is 2. The first kappa shape index (κ1) is 15.5. The molecular weight excluding hydrogens is 332 g/mol. The van der Waals surface area contributed by atoms with Crippen LogP contribution in [0.3, 0.4) is 0 Å². The molecule has 0 radical (unpaired) electrons. The standard InChI is InChI=1S/C19H16N4OS/c24-18(17-8-3-6-14-5-1-2-7-16(14)17)20-11-9-15-13-25-19(22-15)23-12-4-10-21-23/h1-8,10,12-13H,9,11H2,(H,20,24). The van der Waals surface area contributed by atoms with Gasteiger partial charge in [0.1, 0.15) is 0 Å². The zero-order valence-corrected chi connectivity index (χ0v) is 14.2. The molecule has 124 valence electrons. The topological polar surface area (TPSA) is 59.8 Å². The third kappa shape index (κ3) is 3.29. The molecule has 2 aromatic carbocycles. The predicted octanol–water partition coefficient (Wildman–Crippen LogP) is 3.45. The summed E-state index contributed by atoms with van der Waals surface area (Å²) in [5.41, 5.74) is 1.65. The predicted molar refractivity (Wildman–Crippen MR) is 99.2 cm³/mol. The molecule has 4 aromatic rings. The maximum absolute atomic E-state index is 12.5. The van der Waals surface area contributed by atoms with Crippen molar-refractivity contribution in [1.82, 2.24) is 20.1 Å². The molecule has 0 aliphatic rings. The quantitative estimate of drug-likeness (QED) is 0.601. The van der Waals surface area contributed by atoms with Crippen LogP contribution in [-0.2, 0) is 6.42 Å². The van der Waals surface area contributed by atoms with Gasteiger partial charge in [-0.15, -0.1) is 11.3 Å². The molecule has 0 fully saturated rings. The van der Waals surface area contributed by atoms with Crippen LogP contribution in [0.5, 0.6) is 0 Å². The number of amides is 1. The van der Waals surface area contributed by atoms with Crippen molar-refractivity contribution in [2.75, 3.05) is 6.54 Å². The van der Waals surface area contributed by atoms with E-state index < -0.39 is 0 Å². The van der Waals surface area contributed by atoms with Crippen LogP contribution in [0, 0.1) is 0 Å². The Labute approximate surface area is 149 Å². The van der Waals surface area contributed by atoms with Crippen LogP contribution in [0.25, 0.3) is 15.9 Å². The smallest absolute Gasteiger partial charge is 0.251 e. The highest BCUT2D eigenvalue weighted by Crippen LogP contribution is 2.18. The fraction of sp³-hybridized carbons (Fsp3) is 0.105. The van der Waals surface area contributed by atoms with Crippen LogP contribution in [0.4, 0.5) is 0 Å². The molecule has 0 aliphatic heterocycles. The number of nitrogens with one attached hydrogen (secondary N) is 1. The summed E-state index contributed by atoms with van der Waals surface area (Å²) >= 11 is 1.54. The van der Waals surface area contributed by atoms with Crippen LogP contribution < -0.4 is 5.32 Å². The third-order valence-corrected chi connectivity index (χ3v) is 4.82. The molecule has 4 rings (SSSR count). The molecule has 0 atom stereocenters. The number of rotatable bonds is 5. The lowest BCUT2D eigenvalue weighted by atomic mass is 10.0. The summed E-state index contributed by atoms with van der Waals surface area (Å²) in [5.74, 6) is -0.0562. The van der Waals surface area contributed by atoms with Crippen LogP contribution in [0.15, 0.2) is 66.3 Å². The van der Waals surface area contributed by atoms with E-state index in [9.17, 15) is 4.79 Å². The highest BCUT2D eigenvalue weighted by molar-refractivity contribution is 7.12. The van der Waals surface area contributed by atoms with Gasteiger partial charge in [-0.3, -0.25) is 4.79 Å². The minimum atomic E-state index is -0.0562. The molecule has 0 saturated heterocycles. The third-order valence-electron chi connectivity index (χ3n) is 3.94. The van der Waals surface area contributed by atoms with E-state index in [1.807, 2.05) is 60.1 Å². The minimum absolute atomic E-state index is 0.0562. The SMILES string of the molecule is O=C(NCCc1csc(-n2cccn2)n1)c1cccc2ccccc12. The molecule has 0 bridgehead atoms. The number of hydrogen-bond donors (Lipinski definition) is 1. The summed E-state index contributed by atoms with van der Waals surface area (Å²) in [6.45, 7) is 0.546. The first-order chi connectivity index (χ1) is 12.3. The van der Waals surface area contributed by atoms with Gasteiger partial charge in [0.15, 0.2) is 0 Å². The van der Waals surface area contributed by atoms with Crippen molar-refractivity contribution in [2.45, 2.75) is 6.42 Å². The summed E-state index contributed by atoms with van der Waals surface area (Å²) in [7, 11) is 0. The number of nitrogens with zero attached hydrogens (tertiary/aromatic N) is 3. The molecule has 1 amide bonds. The van der Waals surface area contributed by atoms with Gasteiger partial charge >= 0.3 is 0 Å². The second kappa shape index (κ2) is 6.86. The minimum Gasteiger partial charge on any atom is -0.352 e. The van der Waals surface area contributed by atoms with Crippen molar-refractivity contribution in [3.05, 3.63) is 77.6 Å². The Morgan fingerprint density at radius 3 is 2.88 bits per heavy atom. The summed E-state index contributed by atoms with van der Waals surface area (Å²) in [6.07, 6.45) is 4.28. The molecule has 1 N–H and O–H groups in total. The lowest BCUT2D eigenvalue weighted by molar-refractivity contribution is 0.0955. The van der Waals surface area contributed by atoms with Crippen molar-refractivity contribution in [1.29, 1.82) is 0 Å². The number of thiazole rings is 1. The molecule has 0 unspecified atom stereocenters. The Kier molecular flexibility index (Phi) is 4.26. The Hall–Kier alpha value is -2.99. The normalized spacial score (nSPS) is 10.9. The lowest BCUT2D eigenvalue weighted by Crippen LogP contribution is -2.26. The van der Waals surface area contributed by atoms with Gasteiger partial charge in [0, 0.05) is 36.3 Å². The highest BCUT2D eigenvalue weighted by Gasteiger charge is 2.10. The molecule has 5 nitrogen and oxygen atoms in total. The lowest BCUT2D eigenvalue weighted by Gasteiger charge is -2.07. The number of hydrogen-bond acceptors (Lipinski definition) is 4. The molecule has 0 aliphatic carbocycles. The molecule has 2 heterocycles. The summed E-state index contributed by atoms with van der Waals surface area (Å²) in [4.78, 5) is 17.0. The fourth-order valence-electron chi connectivity index (χ4n) is 2.72. The van der Waals surface area contributed by atoms with Crippen LogP contribution in [-0.4, -0.2) is 27.2 Å². The largest absolute Gasteiger partial charge is 0.352 e. The first-order valence-electron chi connectivity index (χ1n) is 8.01. The van der Waals surface area contributed by atoms with E-state index in [4.69, 9.17) is 0 Å². The van der Waals surface area contributed by atoms with E-state index in [-0.39, 0.29) is 5.91 Å². The second-order valence-corrected chi connectivity index (χ2v) is 6.44. The maximum atomic E-state index is 12.5. The number of carbonyl (C=O) groups excluding carboxylic acids is 1. The number of aromatic nitrogens is 3. The monoisotopic (exact) mass is 348 g/mol. The van der Waals surface area contributed by atoms with Gasteiger partial charge in [-0.05, 0) is 22.9 Å². The number of fused-ring (bicyclic) bond motifs is 1. The Balaban J connectivity index is 1.41. The van der Waals surface area contributed by atoms with Crippen molar-refractivity contribution < 1.29 is 4.79 Å². The first-order valence-corrected chi connectivity index (χ1v) is 8.89. The van der Waals surface area contributed by atoms with E-state index in [0.29, 0.717) is 18.5 Å². The summed E-state index contributed by atoms with van der Waals surface area (Å²) < 4.78 is 1.74. The molecule has 2 aromatic heterocycles. The van der Waals surface area contributed by atoms with Crippen molar-refractivity contribution in [2.24, 2.45) is 0 Å². The van der Waals surface area contributed by atoms with Crippen molar-refractivity contribution in [3.8, 4) is 5.13 Å². The summed E-state index contributed by atoms with van der Waals surface area (Å²) in [5, 5.41) is 12.0. The van der Waals surface area contributed by atoms with Crippen molar-refractivity contribution in [3.63, 3.8) is 0 Å². The van der Waals surface area contributed by atoms with E-state index in [0.717, 1.165) is 21.6 Å². The van der Waals surface area contributed by atoms with Crippen LogP contribution in [0.2, 0.25) is 0 Å². The molecule has 0 saturated carbocycles. The van der Waals surface area contributed by atoms with Gasteiger partial charge in [-0.25, -0.2) is 9.67 Å². The average molecular weight is 348 g/mol. The second-order valence-electron chi connectivity index (χ2n) is 5.60. The van der Waals surface area contributed by atoms with E-state index in [1.165, 1.54) is 0 Å². The van der Waals surface area contributed by atoms with Gasteiger partial charge in [-0.2, -0.15) is 5.10 Å². The van der Waals surface area contributed by atoms with Gasteiger partial charge in [0.05, 0.1) is 5.69 Å². The summed E-state index contributed by atoms with van der Waals surface area (Å²) in [6, 6.07) is 15.6. The highest BCUT2D eigenvalue weighted by atomic mass is 32.1. The molecule has 0 spiro atoms. The van der Waals surface area contributed by atoms with Gasteiger partial charge in [0.25, 0.3) is 5.91 Å². The van der Waals surface area contributed by atoms with Gasteiger partial charge in [-0.1, -0.05) is 36.4 Å². The van der Waals surface area contributed by atoms with E-state index in [2.05, 4.69) is 15.4 Å². The maximum Gasteiger partial charge on any atom is 0.251 e. The van der Waals surface area contributed by atoms with Crippen molar-refractivity contribution >= 4 is 28.0 Å². The molecule has 25 heavy (non-hydrogen) atoms. The Morgan fingerprint density at radius 1 is 1.12 bits per heavy atom. The molecule has 6 heteroatoms. The van der Waals surface area contributed by atoms with Crippen LogP contribution in [0.1, 0.15) is 16.1 Å². The molecular formula is C19H16N4OS.